The SMILES string of the molecule is O=C(NCCNc1ccccc1[N+](=O)[O-])c1cnn(-c2ccccc2)c1. The van der Waals surface area contributed by atoms with Crippen LogP contribution in [-0.4, -0.2) is 33.7 Å². The summed E-state index contributed by atoms with van der Waals surface area (Å²) in [6, 6.07) is 15.9. The molecule has 3 rings (SSSR count). The summed E-state index contributed by atoms with van der Waals surface area (Å²) in [7, 11) is 0. The third kappa shape index (κ3) is 4.04. The number of anilines is 1. The van der Waals surface area contributed by atoms with E-state index in [1.807, 2.05) is 30.3 Å². The normalized spacial score (nSPS) is 10.3. The van der Waals surface area contributed by atoms with E-state index in [0.29, 0.717) is 24.3 Å². The van der Waals surface area contributed by atoms with Gasteiger partial charge in [0.2, 0.25) is 0 Å². The van der Waals surface area contributed by atoms with Gasteiger partial charge in [0, 0.05) is 25.4 Å². The van der Waals surface area contributed by atoms with Crippen LogP contribution >= 0.6 is 0 Å². The van der Waals surface area contributed by atoms with Crippen LogP contribution in [0.2, 0.25) is 0 Å². The van der Waals surface area contributed by atoms with Gasteiger partial charge in [0.1, 0.15) is 5.69 Å². The molecule has 0 fully saturated rings. The molecule has 1 heterocycles. The summed E-state index contributed by atoms with van der Waals surface area (Å²) in [5.41, 5.74) is 1.73. The van der Waals surface area contributed by atoms with Crippen LogP contribution in [0.15, 0.2) is 67.0 Å². The van der Waals surface area contributed by atoms with Crippen LogP contribution < -0.4 is 10.6 Å². The number of nitro groups is 1. The predicted octanol–water partition coefficient (Wildman–Crippen LogP) is 2.62. The highest BCUT2D eigenvalue weighted by molar-refractivity contribution is 5.93. The van der Waals surface area contributed by atoms with Crippen molar-refractivity contribution in [2.45, 2.75) is 0 Å². The molecule has 2 aromatic carbocycles. The third-order valence-electron chi connectivity index (χ3n) is 3.69. The Bertz CT molecular complexity index is 908. The Morgan fingerprint density at radius 2 is 1.81 bits per heavy atom. The van der Waals surface area contributed by atoms with E-state index in [-0.39, 0.29) is 11.6 Å². The monoisotopic (exact) mass is 351 g/mol. The fourth-order valence-corrected chi connectivity index (χ4v) is 2.42. The van der Waals surface area contributed by atoms with Gasteiger partial charge in [-0.05, 0) is 18.2 Å². The van der Waals surface area contributed by atoms with E-state index < -0.39 is 4.92 Å². The molecular formula is C18H17N5O3. The van der Waals surface area contributed by atoms with E-state index in [4.69, 9.17) is 0 Å². The minimum absolute atomic E-state index is 0.00274. The van der Waals surface area contributed by atoms with E-state index in [9.17, 15) is 14.9 Å². The van der Waals surface area contributed by atoms with Crippen molar-refractivity contribution in [3.8, 4) is 5.69 Å². The van der Waals surface area contributed by atoms with Crippen molar-refractivity contribution >= 4 is 17.3 Å². The van der Waals surface area contributed by atoms with Gasteiger partial charge in [-0.2, -0.15) is 5.10 Å². The minimum Gasteiger partial charge on any atom is -0.378 e. The minimum atomic E-state index is -0.446. The Balaban J connectivity index is 1.52. The van der Waals surface area contributed by atoms with Crippen LogP contribution in [0, 0.1) is 10.1 Å². The number of hydrogen-bond donors (Lipinski definition) is 2. The number of rotatable bonds is 7. The zero-order valence-corrected chi connectivity index (χ0v) is 13.8. The summed E-state index contributed by atoms with van der Waals surface area (Å²) in [6.07, 6.45) is 3.15. The molecule has 0 saturated carbocycles. The molecule has 0 radical (unpaired) electrons. The Morgan fingerprint density at radius 1 is 1.08 bits per heavy atom. The first-order valence-corrected chi connectivity index (χ1v) is 8.01. The largest absolute Gasteiger partial charge is 0.378 e. The number of para-hydroxylation sites is 3. The van der Waals surface area contributed by atoms with Crippen LogP contribution in [0.3, 0.4) is 0 Å². The molecule has 2 N–H and O–H groups in total. The maximum Gasteiger partial charge on any atom is 0.292 e. The van der Waals surface area contributed by atoms with Crippen LogP contribution in [0.4, 0.5) is 11.4 Å². The molecule has 0 atom stereocenters. The van der Waals surface area contributed by atoms with Crippen molar-refractivity contribution in [3.05, 3.63) is 82.7 Å². The molecule has 26 heavy (non-hydrogen) atoms. The van der Waals surface area contributed by atoms with Gasteiger partial charge in [0.15, 0.2) is 0 Å². The van der Waals surface area contributed by atoms with Crippen molar-refractivity contribution in [2.75, 3.05) is 18.4 Å². The van der Waals surface area contributed by atoms with Crippen LogP contribution in [0.5, 0.6) is 0 Å². The number of carbonyl (C=O) groups excluding carboxylic acids is 1. The van der Waals surface area contributed by atoms with E-state index in [2.05, 4.69) is 15.7 Å². The van der Waals surface area contributed by atoms with Crippen molar-refractivity contribution in [2.24, 2.45) is 0 Å². The Hall–Kier alpha value is -3.68. The van der Waals surface area contributed by atoms with E-state index in [1.54, 1.807) is 29.1 Å². The molecule has 3 aromatic rings. The molecule has 132 valence electrons. The maximum absolute atomic E-state index is 12.2. The second-order valence-corrected chi connectivity index (χ2v) is 5.47. The van der Waals surface area contributed by atoms with Crippen molar-refractivity contribution in [1.82, 2.24) is 15.1 Å². The van der Waals surface area contributed by atoms with Gasteiger partial charge in [-0.15, -0.1) is 0 Å². The first-order chi connectivity index (χ1) is 12.6. The first-order valence-electron chi connectivity index (χ1n) is 8.01. The molecule has 0 unspecified atom stereocenters. The summed E-state index contributed by atoms with van der Waals surface area (Å²) in [4.78, 5) is 22.7. The van der Waals surface area contributed by atoms with E-state index >= 15 is 0 Å². The highest BCUT2D eigenvalue weighted by atomic mass is 16.6. The summed E-state index contributed by atoms with van der Waals surface area (Å²) in [5.74, 6) is -0.253. The second-order valence-electron chi connectivity index (χ2n) is 5.47. The molecular weight excluding hydrogens is 334 g/mol. The summed E-state index contributed by atoms with van der Waals surface area (Å²) in [6.45, 7) is 0.685. The van der Waals surface area contributed by atoms with Gasteiger partial charge in [0.25, 0.3) is 11.6 Å². The van der Waals surface area contributed by atoms with E-state index in [0.717, 1.165) is 5.69 Å². The highest BCUT2D eigenvalue weighted by Crippen LogP contribution is 2.22. The third-order valence-corrected chi connectivity index (χ3v) is 3.69. The maximum atomic E-state index is 12.2. The van der Waals surface area contributed by atoms with Gasteiger partial charge in [0.05, 0.1) is 22.4 Å². The summed E-state index contributed by atoms with van der Waals surface area (Å²) in [5, 5.41) is 20.8. The lowest BCUT2D eigenvalue weighted by molar-refractivity contribution is -0.384. The smallest absolute Gasteiger partial charge is 0.292 e. The standard InChI is InChI=1S/C18H17N5O3/c24-18(14-12-21-22(13-14)15-6-2-1-3-7-15)20-11-10-19-16-8-4-5-9-17(16)23(25)26/h1-9,12-13,19H,10-11H2,(H,20,24). The molecule has 0 bridgehead atoms. The van der Waals surface area contributed by atoms with Crippen LogP contribution in [0.25, 0.3) is 5.69 Å². The molecule has 8 heteroatoms. The molecule has 0 saturated heterocycles. The van der Waals surface area contributed by atoms with Gasteiger partial charge in [-0.25, -0.2) is 4.68 Å². The fourth-order valence-electron chi connectivity index (χ4n) is 2.42. The first kappa shape index (κ1) is 17.2. The Labute approximate surface area is 149 Å². The summed E-state index contributed by atoms with van der Waals surface area (Å²) >= 11 is 0. The quantitative estimate of drug-likeness (QED) is 0.387. The molecule has 1 aromatic heterocycles. The average molecular weight is 351 g/mol. The number of carbonyl (C=O) groups is 1. The van der Waals surface area contributed by atoms with Gasteiger partial charge >= 0.3 is 0 Å². The lowest BCUT2D eigenvalue weighted by Crippen LogP contribution is -2.28. The number of amides is 1. The van der Waals surface area contributed by atoms with Gasteiger partial charge in [-0.1, -0.05) is 30.3 Å². The molecule has 0 aliphatic carbocycles. The lowest BCUT2D eigenvalue weighted by atomic mass is 10.2. The Kier molecular flexibility index (Phi) is 5.23. The van der Waals surface area contributed by atoms with Crippen molar-refractivity contribution < 1.29 is 9.72 Å². The lowest BCUT2D eigenvalue weighted by Gasteiger charge is -2.07. The molecule has 0 spiro atoms. The fraction of sp³-hybridized carbons (Fsp3) is 0.111. The Morgan fingerprint density at radius 3 is 2.58 bits per heavy atom. The van der Waals surface area contributed by atoms with Crippen molar-refractivity contribution in [1.29, 1.82) is 0 Å². The van der Waals surface area contributed by atoms with Crippen LogP contribution in [0.1, 0.15) is 10.4 Å². The number of hydrogen-bond acceptors (Lipinski definition) is 5. The molecule has 0 aliphatic heterocycles. The zero-order valence-electron chi connectivity index (χ0n) is 13.8. The molecule has 0 aliphatic rings. The second kappa shape index (κ2) is 7.93. The van der Waals surface area contributed by atoms with E-state index in [1.165, 1.54) is 12.3 Å². The van der Waals surface area contributed by atoms with Crippen molar-refractivity contribution in [3.63, 3.8) is 0 Å². The van der Waals surface area contributed by atoms with Gasteiger partial charge < -0.3 is 10.6 Å². The number of aromatic nitrogens is 2. The molecule has 1 amide bonds. The topological polar surface area (TPSA) is 102 Å². The highest BCUT2D eigenvalue weighted by Gasteiger charge is 2.12. The number of nitrogens with one attached hydrogen (secondary N) is 2. The number of benzene rings is 2. The number of nitrogens with zero attached hydrogens (tertiary/aromatic N) is 3. The van der Waals surface area contributed by atoms with Gasteiger partial charge in [-0.3, -0.25) is 14.9 Å². The average Bonchev–Trinajstić information content (AvgIpc) is 3.16. The number of nitro benzene ring substituents is 1. The molecule has 8 nitrogen and oxygen atoms in total. The van der Waals surface area contributed by atoms with Crippen LogP contribution in [-0.2, 0) is 0 Å². The predicted molar refractivity (Wildman–Crippen MR) is 97.5 cm³/mol. The summed E-state index contributed by atoms with van der Waals surface area (Å²) < 4.78 is 1.63. The zero-order chi connectivity index (χ0) is 18.4.